The fourth-order valence-electron chi connectivity index (χ4n) is 3.68. The van der Waals surface area contributed by atoms with E-state index in [1.807, 2.05) is 31.2 Å². The van der Waals surface area contributed by atoms with Crippen molar-refractivity contribution < 1.29 is 33.1 Å². The number of ether oxygens (including phenoxy) is 2. The number of amides is 1. The van der Waals surface area contributed by atoms with Crippen LogP contribution in [-0.4, -0.2) is 45.6 Å². The van der Waals surface area contributed by atoms with Crippen molar-refractivity contribution in [1.29, 1.82) is 0 Å². The van der Waals surface area contributed by atoms with E-state index in [9.17, 15) is 14.0 Å². The van der Waals surface area contributed by atoms with Gasteiger partial charge in [-0.2, -0.15) is 5.10 Å². The first-order chi connectivity index (χ1) is 18.8. The minimum Gasteiger partial charge on any atom is -0.496 e. The van der Waals surface area contributed by atoms with Gasteiger partial charge in [0.05, 0.1) is 24.7 Å². The third-order valence-corrected chi connectivity index (χ3v) is 6.41. The highest BCUT2D eigenvalue weighted by Gasteiger charge is 2.17. The molecule has 2 heterocycles. The molecule has 0 saturated heterocycles. The number of carboxylic acids is 1. The van der Waals surface area contributed by atoms with Gasteiger partial charge in [0.25, 0.3) is 5.91 Å². The van der Waals surface area contributed by atoms with Crippen LogP contribution in [-0.2, 0) is 29.1 Å². The molecule has 4 rings (SSSR count). The van der Waals surface area contributed by atoms with Gasteiger partial charge < -0.3 is 29.1 Å². The predicted molar refractivity (Wildman–Crippen MR) is 142 cm³/mol. The van der Waals surface area contributed by atoms with Crippen LogP contribution >= 0.6 is 11.9 Å². The van der Waals surface area contributed by atoms with Crippen molar-refractivity contribution in [1.82, 2.24) is 20.3 Å². The lowest BCUT2D eigenvalue weighted by molar-refractivity contribution is -0.139. The van der Waals surface area contributed by atoms with Crippen molar-refractivity contribution in [3.8, 4) is 11.5 Å². The van der Waals surface area contributed by atoms with E-state index in [2.05, 4.69) is 26.9 Å². The molecule has 204 valence electrons. The zero-order valence-corrected chi connectivity index (χ0v) is 22.0. The fraction of sp³-hybridized carbons (Fsp3) is 0.231. The molecule has 0 spiro atoms. The summed E-state index contributed by atoms with van der Waals surface area (Å²) in [6.45, 7) is 5.02. The maximum atomic E-state index is 12.8. The standard InChI is InChI=1S/C26H26FN5O6S/c1-4-16-5-6-19(37-14-23(33)34)22(9-16)39-31-25-24-20(36-3)7-17(8-21(24)38-30-25)12-32-13-18(11-29-32)10-28-26(35)15(2)27/h5-9,11,13H,2,4,10,12,14H2,1,3H3,(H,28,35)(H,30,31)(H,33,34). The van der Waals surface area contributed by atoms with Crippen molar-refractivity contribution in [2.75, 3.05) is 18.4 Å². The second kappa shape index (κ2) is 12.3. The van der Waals surface area contributed by atoms with E-state index in [-0.39, 0.29) is 6.54 Å². The number of benzene rings is 2. The van der Waals surface area contributed by atoms with Crippen LogP contribution in [0.15, 0.2) is 64.5 Å². The number of anilines is 1. The van der Waals surface area contributed by atoms with Crippen LogP contribution < -0.4 is 19.5 Å². The first-order valence-corrected chi connectivity index (χ1v) is 12.6. The summed E-state index contributed by atoms with van der Waals surface area (Å²) >= 11 is 1.22. The first kappa shape index (κ1) is 27.5. The largest absolute Gasteiger partial charge is 0.496 e. The van der Waals surface area contributed by atoms with Crippen LogP contribution in [0.4, 0.5) is 10.2 Å². The Hall–Kier alpha value is -4.52. The summed E-state index contributed by atoms with van der Waals surface area (Å²) in [7, 11) is 1.54. The van der Waals surface area contributed by atoms with Gasteiger partial charge in [-0.1, -0.05) is 24.7 Å². The fourth-order valence-corrected chi connectivity index (χ4v) is 4.46. The molecule has 13 heteroatoms. The molecule has 39 heavy (non-hydrogen) atoms. The highest BCUT2D eigenvalue weighted by molar-refractivity contribution is 8.00. The average molecular weight is 556 g/mol. The number of hydrogen-bond donors (Lipinski definition) is 3. The minimum atomic E-state index is -1.07. The molecule has 0 aliphatic rings. The third kappa shape index (κ3) is 6.87. The highest BCUT2D eigenvalue weighted by Crippen LogP contribution is 2.37. The van der Waals surface area contributed by atoms with Gasteiger partial charge in [0.2, 0.25) is 0 Å². The number of methoxy groups -OCH3 is 1. The van der Waals surface area contributed by atoms with E-state index in [1.165, 1.54) is 11.9 Å². The Bertz CT molecular complexity index is 1520. The number of carboxylic acid groups (broad SMARTS) is 1. The second-order valence-corrected chi connectivity index (χ2v) is 9.21. The summed E-state index contributed by atoms with van der Waals surface area (Å²) in [6.07, 6.45) is 4.11. The SMILES string of the molecule is C=C(F)C(=O)NCc1cnn(Cc2cc(OC)c3c(NSc4cc(CC)ccc4OCC(=O)O)noc3c2)c1. The predicted octanol–water partition coefficient (Wildman–Crippen LogP) is 4.33. The zero-order valence-electron chi connectivity index (χ0n) is 21.2. The van der Waals surface area contributed by atoms with Crippen LogP contribution in [0.25, 0.3) is 11.0 Å². The van der Waals surface area contributed by atoms with E-state index in [4.69, 9.17) is 19.1 Å². The molecule has 0 aliphatic carbocycles. The second-order valence-electron chi connectivity index (χ2n) is 8.36. The van der Waals surface area contributed by atoms with Crippen LogP contribution in [0.5, 0.6) is 11.5 Å². The summed E-state index contributed by atoms with van der Waals surface area (Å²) in [5, 5.41) is 20.5. The third-order valence-electron chi connectivity index (χ3n) is 5.57. The number of nitrogens with one attached hydrogen (secondary N) is 2. The van der Waals surface area contributed by atoms with E-state index in [0.717, 1.165) is 17.5 Å². The zero-order chi connectivity index (χ0) is 27.9. The highest BCUT2D eigenvalue weighted by atomic mass is 32.2. The number of aromatic nitrogens is 3. The topological polar surface area (TPSA) is 141 Å². The molecule has 0 bridgehead atoms. The smallest absolute Gasteiger partial charge is 0.341 e. The van der Waals surface area contributed by atoms with Gasteiger partial charge in [0.1, 0.15) is 16.9 Å². The summed E-state index contributed by atoms with van der Waals surface area (Å²) in [5.74, 6) is -1.60. The van der Waals surface area contributed by atoms with Crippen LogP contribution in [0.3, 0.4) is 0 Å². The molecular weight excluding hydrogens is 529 g/mol. The number of nitrogens with zero attached hydrogens (tertiary/aromatic N) is 3. The molecule has 0 aliphatic heterocycles. The number of fused-ring (bicyclic) bond motifs is 1. The summed E-state index contributed by atoms with van der Waals surface area (Å²) in [6, 6.07) is 9.20. The maximum Gasteiger partial charge on any atom is 0.341 e. The van der Waals surface area contributed by atoms with Crippen molar-refractivity contribution in [3.63, 3.8) is 0 Å². The van der Waals surface area contributed by atoms with Crippen LogP contribution in [0, 0.1) is 0 Å². The van der Waals surface area contributed by atoms with Gasteiger partial charge in [-0.3, -0.25) is 9.48 Å². The molecule has 2 aromatic carbocycles. The number of carbonyl (C=O) groups excluding carboxylic acids is 1. The summed E-state index contributed by atoms with van der Waals surface area (Å²) in [5.41, 5.74) is 3.06. The Labute approximate surface area is 227 Å². The number of carbonyl (C=O) groups is 2. The Morgan fingerprint density at radius 2 is 2.03 bits per heavy atom. The van der Waals surface area contributed by atoms with E-state index < -0.39 is 24.3 Å². The van der Waals surface area contributed by atoms with Crippen molar-refractivity contribution in [2.24, 2.45) is 0 Å². The molecule has 0 atom stereocenters. The molecular formula is C26H26FN5O6S. The van der Waals surface area contributed by atoms with Crippen LogP contribution in [0.1, 0.15) is 23.6 Å². The molecule has 11 nitrogen and oxygen atoms in total. The van der Waals surface area contributed by atoms with Gasteiger partial charge in [0, 0.05) is 18.3 Å². The Morgan fingerprint density at radius 1 is 1.21 bits per heavy atom. The normalized spacial score (nSPS) is 10.8. The molecule has 0 unspecified atom stereocenters. The van der Waals surface area contributed by atoms with Gasteiger partial charge >= 0.3 is 5.97 Å². The molecule has 4 aromatic rings. The van der Waals surface area contributed by atoms with Crippen molar-refractivity contribution >= 4 is 40.6 Å². The van der Waals surface area contributed by atoms with Crippen LogP contribution in [0.2, 0.25) is 0 Å². The number of halogens is 1. The molecule has 3 N–H and O–H groups in total. The quantitative estimate of drug-likeness (QED) is 0.161. The molecule has 2 aromatic heterocycles. The van der Waals surface area contributed by atoms with Crippen molar-refractivity contribution in [2.45, 2.75) is 31.3 Å². The van der Waals surface area contributed by atoms with Gasteiger partial charge in [-0.15, -0.1) is 0 Å². The van der Waals surface area contributed by atoms with Gasteiger partial charge in [-0.25, -0.2) is 9.18 Å². The van der Waals surface area contributed by atoms with E-state index in [0.29, 0.717) is 45.3 Å². The lowest BCUT2D eigenvalue weighted by Gasteiger charge is -2.12. The van der Waals surface area contributed by atoms with Gasteiger partial charge in [-0.05, 0) is 53.8 Å². The molecule has 1 amide bonds. The minimum absolute atomic E-state index is 0.114. The molecule has 0 saturated carbocycles. The Morgan fingerprint density at radius 3 is 2.74 bits per heavy atom. The number of aryl methyl sites for hydroxylation is 1. The van der Waals surface area contributed by atoms with Crippen molar-refractivity contribution in [3.05, 3.63) is 71.8 Å². The number of hydrogen-bond acceptors (Lipinski definition) is 9. The lowest BCUT2D eigenvalue weighted by Crippen LogP contribution is -2.22. The van der Waals surface area contributed by atoms with Gasteiger partial charge in [0.15, 0.2) is 23.8 Å². The molecule has 0 radical (unpaired) electrons. The Balaban J connectivity index is 1.50. The Kier molecular flexibility index (Phi) is 8.71. The monoisotopic (exact) mass is 555 g/mol. The number of aliphatic carboxylic acids is 1. The summed E-state index contributed by atoms with van der Waals surface area (Å²) in [4.78, 5) is 23.0. The first-order valence-electron chi connectivity index (χ1n) is 11.8. The molecule has 0 fully saturated rings. The maximum absolute atomic E-state index is 12.8. The summed E-state index contributed by atoms with van der Waals surface area (Å²) < 4.78 is 34.3. The van der Waals surface area contributed by atoms with E-state index >= 15 is 0 Å². The van der Waals surface area contributed by atoms with E-state index in [1.54, 1.807) is 30.3 Å². The lowest BCUT2D eigenvalue weighted by atomic mass is 10.1. The number of rotatable bonds is 13. The average Bonchev–Trinajstić information content (AvgIpc) is 3.55.